The van der Waals surface area contributed by atoms with E-state index in [4.69, 9.17) is 27.9 Å². The average Bonchev–Trinajstić information content (AvgIpc) is 2.57. The Morgan fingerprint density at radius 2 is 1.91 bits per heavy atom. The molecule has 2 nitrogen and oxygen atoms in total. The van der Waals surface area contributed by atoms with Crippen molar-refractivity contribution in [1.29, 1.82) is 0 Å². The predicted octanol–water partition coefficient (Wildman–Crippen LogP) is 5.63. The molecule has 0 aliphatic carbocycles. The lowest BCUT2D eigenvalue weighted by atomic mass is 9.77. The SMILES string of the molecule is Clc1ccc(C2Nc3ccccc3C3OCCCC23)cc1Cl. The highest BCUT2D eigenvalue weighted by Gasteiger charge is 2.39. The molecule has 4 rings (SSSR count). The molecule has 1 fully saturated rings. The van der Waals surface area contributed by atoms with Gasteiger partial charge in [-0.05, 0) is 36.6 Å². The second-order valence-electron chi connectivity index (χ2n) is 5.98. The Morgan fingerprint density at radius 3 is 2.77 bits per heavy atom. The van der Waals surface area contributed by atoms with Gasteiger partial charge in [0.15, 0.2) is 0 Å². The number of halogens is 2. The third-order valence-corrected chi connectivity index (χ3v) is 5.42. The quantitative estimate of drug-likeness (QED) is 0.730. The number of para-hydroxylation sites is 1. The fourth-order valence-electron chi connectivity index (χ4n) is 3.65. The standard InChI is InChI=1S/C18H17Cl2NO/c19-14-8-7-11(10-15(14)20)17-13-5-3-9-22-18(13)12-4-1-2-6-16(12)21-17/h1-2,4,6-8,10,13,17-18,21H,3,5,9H2. The van der Waals surface area contributed by atoms with E-state index in [2.05, 4.69) is 35.6 Å². The zero-order valence-corrected chi connectivity index (χ0v) is 13.6. The van der Waals surface area contributed by atoms with Gasteiger partial charge in [-0.1, -0.05) is 47.5 Å². The molecule has 1 N–H and O–H groups in total. The van der Waals surface area contributed by atoms with Crippen LogP contribution in [0.1, 0.15) is 36.1 Å². The van der Waals surface area contributed by atoms with Crippen molar-refractivity contribution >= 4 is 28.9 Å². The lowest BCUT2D eigenvalue weighted by Gasteiger charge is -2.43. The van der Waals surface area contributed by atoms with Gasteiger partial charge in [0.2, 0.25) is 0 Å². The van der Waals surface area contributed by atoms with Crippen LogP contribution in [0, 0.1) is 5.92 Å². The molecule has 0 amide bonds. The number of anilines is 1. The summed E-state index contributed by atoms with van der Waals surface area (Å²) in [7, 11) is 0. The van der Waals surface area contributed by atoms with Crippen molar-refractivity contribution in [3.05, 3.63) is 63.6 Å². The van der Waals surface area contributed by atoms with E-state index in [-0.39, 0.29) is 12.1 Å². The van der Waals surface area contributed by atoms with Crippen molar-refractivity contribution in [1.82, 2.24) is 0 Å². The van der Waals surface area contributed by atoms with E-state index in [0.29, 0.717) is 16.0 Å². The highest BCUT2D eigenvalue weighted by molar-refractivity contribution is 6.42. The summed E-state index contributed by atoms with van der Waals surface area (Å²) in [5.41, 5.74) is 3.59. The van der Waals surface area contributed by atoms with Gasteiger partial charge in [0.05, 0.1) is 22.2 Å². The minimum absolute atomic E-state index is 0.158. The maximum absolute atomic E-state index is 6.22. The highest BCUT2D eigenvalue weighted by Crippen LogP contribution is 2.49. The van der Waals surface area contributed by atoms with Gasteiger partial charge >= 0.3 is 0 Å². The summed E-state index contributed by atoms with van der Waals surface area (Å²) in [5, 5.41) is 4.88. The first-order chi connectivity index (χ1) is 10.7. The molecule has 2 aromatic rings. The molecule has 0 aromatic heterocycles. The summed E-state index contributed by atoms with van der Waals surface area (Å²) in [4.78, 5) is 0. The molecule has 2 heterocycles. The molecule has 114 valence electrons. The van der Waals surface area contributed by atoms with Gasteiger partial charge in [0, 0.05) is 23.8 Å². The van der Waals surface area contributed by atoms with Crippen LogP contribution in [-0.4, -0.2) is 6.61 Å². The number of hydrogen-bond acceptors (Lipinski definition) is 2. The van der Waals surface area contributed by atoms with Gasteiger partial charge in [0.1, 0.15) is 0 Å². The van der Waals surface area contributed by atoms with Crippen LogP contribution in [0.25, 0.3) is 0 Å². The van der Waals surface area contributed by atoms with Crippen LogP contribution in [-0.2, 0) is 4.74 Å². The van der Waals surface area contributed by atoms with Gasteiger partial charge in [-0.25, -0.2) is 0 Å². The van der Waals surface area contributed by atoms with Crippen LogP contribution in [0.4, 0.5) is 5.69 Å². The van der Waals surface area contributed by atoms with E-state index in [0.717, 1.165) is 25.1 Å². The Kier molecular flexibility index (Phi) is 3.77. The zero-order chi connectivity index (χ0) is 15.1. The van der Waals surface area contributed by atoms with Crippen LogP contribution < -0.4 is 5.32 Å². The topological polar surface area (TPSA) is 21.3 Å². The predicted molar refractivity (Wildman–Crippen MR) is 90.7 cm³/mol. The van der Waals surface area contributed by atoms with Crippen LogP contribution in [0.5, 0.6) is 0 Å². The molecule has 0 saturated carbocycles. The van der Waals surface area contributed by atoms with E-state index in [1.807, 2.05) is 12.1 Å². The number of ether oxygens (including phenoxy) is 1. The van der Waals surface area contributed by atoms with Gasteiger partial charge in [0.25, 0.3) is 0 Å². The van der Waals surface area contributed by atoms with Crippen molar-refractivity contribution in [3.8, 4) is 0 Å². The maximum atomic E-state index is 6.22. The highest BCUT2D eigenvalue weighted by atomic mass is 35.5. The van der Waals surface area contributed by atoms with Crippen molar-refractivity contribution in [2.45, 2.75) is 25.0 Å². The summed E-state index contributed by atoms with van der Waals surface area (Å²) >= 11 is 12.3. The molecule has 0 spiro atoms. The van der Waals surface area contributed by atoms with Crippen molar-refractivity contribution < 1.29 is 4.74 Å². The minimum Gasteiger partial charge on any atom is -0.378 e. The molecule has 2 aliphatic heterocycles. The van der Waals surface area contributed by atoms with Gasteiger partial charge in [-0.3, -0.25) is 0 Å². The van der Waals surface area contributed by atoms with Crippen LogP contribution >= 0.6 is 23.2 Å². The van der Waals surface area contributed by atoms with Gasteiger partial charge in [-0.15, -0.1) is 0 Å². The minimum atomic E-state index is 0.158. The van der Waals surface area contributed by atoms with E-state index >= 15 is 0 Å². The normalized spacial score (nSPS) is 26.7. The second kappa shape index (κ2) is 5.77. The average molecular weight is 334 g/mol. The van der Waals surface area contributed by atoms with E-state index in [1.165, 1.54) is 11.1 Å². The van der Waals surface area contributed by atoms with E-state index in [1.54, 1.807) is 0 Å². The Morgan fingerprint density at radius 1 is 1.05 bits per heavy atom. The summed E-state index contributed by atoms with van der Waals surface area (Å²) < 4.78 is 6.11. The van der Waals surface area contributed by atoms with E-state index in [9.17, 15) is 0 Å². The van der Waals surface area contributed by atoms with Crippen molar-refractivity contribution in [2.24, 2.45) is 5.92 Å². The lowest BCUT2D eigenvalue weighted by Crippen LogP contribution is -2.35. The number of nitrogens with one attached hydrogen (secondary N) is 1. The first-order valence-corrected chi connectivity index (χ1v) is 8.41. The Balaban J connectivity index is 1.77. The Hall–Kier alpha value is -1.22. The molecule has 4 heteroatoms. The number of hydrogen-bond donors (Lipinski definition) is 1. The molecule has 2 aliphatic rings. The third kappa shape index (κ3) is 2.40. The Labute approximate surface area is 140 Å². The molecule has 3 atom stereocenters. The smallest absolute Gasteiger partial charge is 0.0895 e. The molecule has 22 heavy (non-hydrogen) atoms. The molecular formula is C18H17Cl2NO. The lowest BCUT2D eigenvalue weighted by molar-refractivity contribution is -0.0381. The zero-order valence-electron chi connectivity index (χ0n) is 12.1. The molecule has 1 saturated heterocycles. The summed E-state index contributed by atoms with van der Waals surface area (Å²) in [6.07, 6.45) is 2.41. The molecule has 3 unspecified atom stereocenters. The molecule has 0 radical (unpaired) electrons. The van der Waals surface area contributed by atoms with Crippen molar-refractivity contribution in [2.75, 3.05) is 11.9 Å². The summed E-state index contributed by atoms with van der Waals surface area (Å²) in [5.74, 6) is 0.417. The van der Waals surface area contributed by atoms with E-state index < -0.39 is 0 Å². The first kappa shape index (κ1) is 14.4. The number of rotatable bonds is 1. The molecule has 2 aromatic carbocycles. The van der Waals surface area contributed by atoms with Crippen LogP contribution in [0.3, 0.4) is 0 Å². The van der Waals surface area contributed by atoms with Crippen LogP contribution in [0.2, 0.25) is 10.0 Å². The molecule has 0 bridgehead atoms. The summed E-state index contributed by atoms with van der Waals surface area (Å²) in [6, 6.07) is 14.5. The fourth-order valence-corrected chi connectivity index (χ4v) is 3.96. The van der Waals surface area contributed by atoms with Crippen LogP contribution in [0.15, 0.2) is 42.5 Å². The first-order valence-electron chi connectivity index (χ1n) is 7.66. The molecular weight excluding hydrogens is 317 g/mol. The number of fused-ring (bicyclic) bond motifs is 3. The maximum Gasteiger partial charge on any atom is 0.0895 e. The summed E-state index contributed by atoms with van der Waals surface area (Å²) in [6.45, 7) is 0.837. The third-order valence-electron chi connectivity index (χ3n) is 4.68. The van der Waals surface area contributed by atoms with Gasteiger partial charge in [-0.2, -0.15) is 0 Å². The number of benzene rings is 2. The monoisotopic (exact) mass is 333 g/mol. The fraction of sp³-hybridized carbons (Fsp3) is 0.333. The second-order valence-corrected chi connectivity index (χ2v) is 6.79. The van der Waals surface area contributed by atoms with Crippen molar-refractivity contribution in [3.63, 3.8) is 0 Å². The van der Waals surface area contributed by atoms with Gasteiger partial charge < -0.3 is 10.1 Å². The largest absolute Gasteiger partial charge is 0.378 e. The Bertz CT molecular complexity index is 703.